The molecule has 0 radical (unpaired) electrons. The van der Waals surface area contributed by atoms with E-state index in [0.717, 1.165) is 25.1 Å². The van der Waals surface area contributed by atoms with Crippen molar-refractivity contribution >= 4 is 23.5 Å². The number of rotatable bonds is 3. The minimum Gasteiger partial charge on any atom is -0.452 e. The van der Waals surface area contributed by atoms with Crippen LogP contribution in [0.3, 0.4) is 0 Å². The standard InChI is InChI=1S/C19H25ClN2O3/c1-12-10-13(2)21-18(20)17(12)19(24)25-11-16(23)22-9-5-7-14-6-3-4-8-15(14)22/h10,14-15H,3-9,11H2,1-2H3/t14-,15+/m1/s1. The van der Waals surface area contributed by atoms with Crippen LogP contribution in [0.4, 0.5) is 0 Å². The van der Waals surface area contributed by atoms with Crippen molar-refractivity contribution in [3.05, 3.63) is 28.0 Å². The second-order valence-corrected chi connectivity index (χ2v) is 7.52. The number of likely N-dealkylation sites (tertiary alicyclic amines) is 1. The summed E-state index contributed by atoms with van der Waals surface area (Å²) in [5, 5.41) is 0.125. The van der Waals surface area contributed by atoms with E-state index in [1.165, 1.54) is 25.7 Å². The van der Waals surface area contributed by atoms with E-state index in [4.69, 9.17) is 16.3 Å². The van der Waals surface area contributed by atoms with Gasteiger partial charge < -0.3 is 9.64 Å². The maximum atomic E-state index is 12.6. The highest BCUT2D eigenvalue weighted by molar-refractivity contribution is 6.32. The van der Waals surface area contributed by atoms with Crippen molar-refractivity contribution < 1.29 is 14.3 Å². The predicted octanol–water partition coefficient (Wildman–Crippen LogP) is 3.69. The number of carbonyl (C=O) groups is 2. The van der Waals surface area contributed by atoms with E-state index in [0.29, 0.717) is 17.5 Å². The lowest BCUT2D eigenvalue weighted by atomic mass is 9.78. The topological polar surface area (TPSA) is 59.5 Å². The van der Waals surface area contributed by atoms with Crippen LogP contribution in [0, 0.1) is 19.8 Å². The molecule has 0 unspecified atom stereocenters. The molecule has 0 N–H and O–H groups in total. The van der Waals surface area contributed by atoms with Gasteiger partial charge in [-0.05, 0) is 57.1 Å². The summed E-state index contributed by atoms with van der Waals surface area (Å²) in [6, 6.07) is 2.10. The number of carbonyl (C=O) groups excluding carboxylic acids is 2. The van der Waals surface area contributed by atoms with Gasteiger partial charge in [-0.1, -0.05) is 24.4 Å². The smallest absolute Gasteiger partial charge is 0.342 e. The molecular formula is C19H25ClN2O3. The zero-order valence-corrected chi connectivity index (χ0v) is 15.6. The molecule has 5 nitrogen and oxygen atoms in total. The Kier molecular flexibility index (Phi) is 5.62. The maximum absolute atomic E-state index is 12.6. The molecule has 0 spiro atoms. The van der Waals surface area contributed by atoms with Gasteiger partial charge in [-0.2, -0.15) is 0 Å². The summed E-state index contributed by atoms with van der Waals surface area (Å²) in [6.07, 6.45) is 6.95. The third kappa shape index (κ3) is 3.97. The normalized spacial score (nSPS) is 23.1. The first kappa shape index (κ1) is 18.2. The fraction of sp³-hybridized carbons (Fsp3) is 0.632. The summed E-state index contributed by atoms with van der Waals surface area (Å²) in [6.45, 7) is 4.14. The Morgan fingerprint density at radius 1 is 1.24 bits per heavy atom. The van der Waals surface area contributed by atoms with Crippen molar-refractivity contribution in [1.82, 2.24) is 9.88 Å². The minimum absolute atomic E-state index is 0.0983. The first-order valence-electron chi connectivity index (χ1n) is 9.07. The lowest BCUT2D eigenvalue weighted by Crippen LogP contribution is -2.50. The lowest BCUT2D eigenvalue weighted by molar-refractivity contribution is -0.140. The van der Waals surface area contributed by atoms with E-state index in [1.807, 2.05) is 11.8 Å². The summed E-state index contributed by atoms with van der Waals surface area (Å²) < 4.78 is 5.27. The summed E-state index contributed by atoms with van der Waals surface area (Å²) in [7, 11) is 0. The van der Waals surface area contributed by atoms with E-state index in [2.05, 4.69) is 4.98 Å². The fourth-order valence-corrected chi connectivity index (χ4v) is 4.61. The van der Waals surface area contributed by atoms with Gasteiger partial charge in [-0.3, -0.25) is 4.79 Å². The van der Waals surface area contributed by atoms with Crippen LogP contribution < -0.4 is 0 Å². The van der Waals surface area contributed by atoms with E-state index in [9.17, 15) is 9.59 Å². The quantitative estimate of drug-likeness (QED) is 0.606. The number of esters is 1. The molecular weight excluding hydrogens is 340 g/mol. The Balaban J connectivity index is 1.63. The summed E-state index contributed by atoms with van der Waals surface area (Å²) in [5.74, 6) is -0.0699. The molecule has 136 valence electrons. The van der Waals surface area contributed by atoms with Crippen LogP contribution in [0.5, 0.6) is 0 Å². The zero-order valence-electron chi connectivity index (χ0n) is 14.9. The molecule has 1 aromatic heterocycles. The maximum Gasteiger partial charge on any atom is 0.342 e. The third-order valence-corrected chi connectivity index (χ3v) is 5.67. The average molecular weight is 365 g/mol. The molecule has 2 atom stereocenters. The van der Waals surface area contributed by atoms with Gasteiger partial charge in [0.1, 0.15) is 5.15 Å². The number of ether oxygens (including phenoxy) is 1. The van der Waals surface area contributed by atoms with E-state index in [-0.39, 0.29) is 23.2 Å². The number of hydrogen-bond donors (Lipinski definition) is 0. The Bertz CT molecular complexity index is 652. The van der Waals surface area contributed by atoms with Crippen molar-refractivity contribution in [2.75, 3.05) is 13.2 Å². The molecule has 2 heterocycles. The van der Waals surface area contributed by atoms with Gasteiger partial charge in [0.25, 0.3) is 5.91 Å². The summed E-state index contributed by atoms with van der Waals surface area (Å²) >= 11 is 6.08. The van der Waals surface area contributed by atoms with Crippen LogP contribution in [0.1, 0.15) is 60.1 Å². The van der Waals surface area contributed by atoms with Crippen LogP contribution in [-0.2, 0) is 9.53 Å². The van der Waals surface area contributed by atoms with E-state index >= 15 is 0 Å². The van der Waals surface area contributed by atoms with Gasteiger partial charge in [-0.15, -0.1) is 0 Å². The SMILES string of the molecule is Cc1cc(C)c(C(=O)OCC(=O)N2CCC[C@H]3CCCC[C@@H]32)c(Cl)n1. The van der Waals surface area contributed by atoms with Crippen LogP contribution in [-0.4, -0.2) is 41.0 Å². The Hall–Kier alpha value is -1.62. The Morgan fingerprint density at radius 2 is 1.96 bits per heavy atom. The molecule has 0 bridgehead atoms. The largest absolute Gasteiger partial charge is 0.452 e. The number of halogens is 1. The van der Waals surface area contributed by atoms with Crippen molar-refractivity contribution in [2.45, 2.75) is 58.4 Å². The highest BCUT2D eigenvalue weighted by Gasteiger charge is 2.35. The number of aryl methyl sites for hydroxylation is 2. The van der Waals surface area contributed by atoms with Crippen LogP contribution >= 0.6 is 11.6 Å². The number of hydrogen-bond acceptors (Lipinski definition) is 4. The predicted molar refractivity (Wildman–Crippen MR) is 95.7 cm³/mol. The van der Waals surface area contributed by atoms with E-state index < -0.39 is 5.97 Å². The number of aromatic nitrogens is 1. The summed E-state index contributed by atoms with van der Waals surface area (Å²) in [4.78, 5) is 31.0. The molecule has 1 amide bonds. The number of amides is 1. The van der Waals surface area contributed by atoms with Crippen LogP contribution in [0.25, 0.3) is 0 Å². The van der Waals surface area contributed by atoms with Gasteiger partial charge in [0, 0.05) is 18.3 Å². The molecule has 1 aromatic rings. The molecule has 6 heteroatoms. The molecule has 1 saturated heterocycles. The summed E-state index contributed by atoms with van der Waals surface area (Å²) in [5.41, 5.74) is 1.70. The zero-order chi connectivity index (χ0) is 18.0. The van der Waals surface area contributed by atoms with E-state index in [1.54, 1.807) is 13.0 Å². The highest BCUT2D eigenvalue weighted by Crippen LogP contribution is 2.35. The molecule has 0 aromatic carbocycles. The third-order valence-electron chi connectivity index (χ3n) is 5.39. The number of fused-ring (bicyclic) bond motifs is 1. The second kappa shape index (κ2) is 7.73. The lowest BCUT2D eigenvalue weighted by Gasteiger charge is -2.44. The number of pyridine rings is 1. The molecule has 1 aliphatic carbocycles. The van der Waals surface area contributed by atoms with Crippen molar-refractivity contribution in [2.24, 2.45) is 5.92 Å². The Morgan fingerprint density at radius 3 is 2.72 bits per heavy atom. The van der Waals surface area contributed by atoms with Crippen LogP contribution in [0.15, 0.2) is 6.07 Å². The molecule has 1 saturated carbocycles. The molecule has 3 rings (SSSR count). The molecule has 25 heavy (non-hydrogen) atoms. The van der Waals surface area contributed by atoms with Gasteiger partial charge in [0.05, 0.1) is 5.56 Å². The number of piperidine rings is 1. The Labute approximate surface area is 153 Å². The molecule has 1 aliphatic heterocycles. The monoisotopic (exact) mass is 364 g/mol. The minimum atomic E-state index is -0.583. The van der Waals surface area contributed by atoms with Crippen molar-refractivity contribution in [3.63, 3.8) is 0 Å². The second-order valence-electron chi connectivity index (χ2n) is 7.16. The first-order valence-corrected chi connectivity index (χ1v) is 9.45. The highest BCUT2D eigenvalue weighted by atomic mass is 35.5. The van der Waals surface area contributed by atoms with Gasteiger partial charge in [0.2, 0.25) is 0 Å². The van der Waals surface area contributed by atoms with Crippen LogP contribution in [0.2, 0.25) is 5.15 Å². The number of nitrogens with zero attached hydrogens (tertiary/aromatic N) is 2. The van der Waals surface area contributed by atoms with Gasteiger partial charge >= 0.3 is 5.97 Å². The molecule has 2 fully saturated rings. The van der Waals surface area contributed by atoms with Gasteiger partial charge in [0.15, 0.2) is 6.61 Å². The van der Waals surface area contributed by atoms with Gasteiger partial charge in [-0.25, -0.2) is 9.78 Å². The first-order chi connectivity index (χ1) is 12.0. The fourth-order valence-electron chi connectivity index (χ4n) is 4.25. The molecule has 2 aliphatic rings. The van der Waals surface area contributed by atoms with Crippen molar-refractivity contribution in [3.8, 4) is 0 Å². The van der Waals surface area contributed by atoms with Crippen molar-refractivity contribution in [1.29, 1.82) is 0 Å². The average Bonchev–Trinajstić information content (AvgIpc) is 2.58.